The van der Waals surface area contributed by atoms with Gasteiger partial charge in [0.1, 0.15) is 11.6 Å². The van der Waals surface area contributed by atoms with Gasteiger partial charge >= 0.3 is 0 Å². The zero-order valence-electron chi connectivity index (χ0n) is 15.6. The largest absolute Gasteiger partial charge is 0.493 e. The van der Waals surface area contributed by atoms with Crippen LogP contribution in [0.1, 0.15) is 28.7 Å². The van der Waals surface area contributed by atoms with Crippen LogP contribution in [-0.2, 0) is 35.5 Å². The molecule has 2 aromatic rings. The fourth-order valence-electron chi connectivity index (χ4n) is 3.07. The van der Waals surface area contributed by atoms with Gasteiger partial charge in [-0.2, -0.15) is 0 Å². The van der Waals surface area contributed by atoms with Gasteiger partial charge in [0.2, 0.25) is 11.8 Å². The highest BCUT2D eigenvalue weighted by atomic mass is 19.1. The van der Waals surface area contributed by atoms with Crippen molar-refractivity contribution in [3.63, 3.8) is 0 Å². The van der Waals surface area contributed by atoms with Gasteiger partial charge in [-0.15, -0.1) is 0 Å². The van der Waals surface area contributed by atoms with Crippen molar-refractivity contribution in [2.45, 2.75) is 32.4 Å². The second-order valence-electron chi connectivity index (χ2n) is 6.70. The van der Waals surface area contributed by atoms with Crippen LogP contribution in [0.25, 0.3) is 0 Å². The molecule has 2 N–H and O–H groups in total. The van der Waals surface area contributed by atoms with Gasteiger partial charge in [-0.25, -0.2) is 4.39 Å². The van der Waals surface area contributed by atoms with Crippen molar-refractivity contribution in [3.8, 4) is 5.75 Å². The van der Waals surface area contributed by atoms with Crippen molar-refractivity contribution in [2.24, 2.45) is 0 Å². The summed E-state index contributed by atoms with van der Waals surface area (Å²) in [5.74, 6) is -0.0117. The van der Waals surface area contributed by atoms with Crippen LogP contribution in [0.3, 0.4) is 0 Å². The van der Waals surface area contributed by atoms with Gasteiger partial charge in [0.05, 0.1) is 13.0 Å². The van der Waals surface area contributed by atoms with E-state index in [1.807, 2.05) is 18.2 Å². The Morgan fingerprint density at radius 2 is 1.93 bits per heavy atom. The highest BCUT2D eigenvalue weighted by Crippen LogP contribution is 2.25. The molecule has 28 heavy (non-hydrogen) atoms. The van der Waals surface area contributed by atoms with Gasteiger partial charge in [0.25, 0.3) is 0 Å². The summed E-state index contributed by atoms with van der Waals surface area (Å²) in [7, 11) is 0. The first-order valence-electron chi connectivity index (χ1n) is 9.24. The fourth-order valence-corrected chi connectivity index (χ4v) is 3.07. The number of ether oxygens (including phenoxy) is 1. The number of fused-ring (bicyclic) bond motifs is 1. The zero-order valence-corrected chi connectivity index (χ0v) is 15.6. The molecule has 5 nitrogen and oxygen atoms in total. The summed E-state index contributed by atoms with van der Waals surface area (Å²) in [6, 6.07) is 10.5. The van der Waals surface area contributed by atoms with E-state index >= 15 is 0 Å². The molecule has 0 saturated carbocycles. The lowest BCUT2D eigenvalue weighted by molar-refractivity contribution is -0.120. The summed E-state index contributed by atoms with van der Waals surface area (Å²) < 4.78 is 19.8. The quantitative estimate of drug-likeness (QED) is 0.724. The summed E-state index contributed by atoms with van der Waals surface area (Å²) in [4.78, 5) is 23.4. The normalized spacial score (nSPS) is 12.5. The second kappa shape index (κ2) is 9.17. The molecule has 0 atom stereocenters. The summed E-state index contributed by atoms with van der Waals surface area (Å²) in [5, 5.41) is 5.35. The van der Waals surface area contributed by atoms with E-state index in [4.69, 9.17) is 4.74 Å². The first-order valence-corrected chi connectivity index (χ1v) is 9.24. The van der Waals surface area contributed by atoms with Crippen LogP contribution in [0.15, 0.2) is 49.1 Å². The standard InChI is InChI=1S/C22H23FN2O3/c1-2-21(26)24-13-16-5-7-18(19(23)11-16)14-25-22(27)12-15-6-8-20-17(10-15)4-3-9-28-20/h2,5-8,10-11H,1,3-4,9,12-14H2,(H,24,26)(H,25,27). The molecule has 1 aliphatic rings. The van der Waals surface area contributed by atoms with Crippen molar-refractivity contribution in [1.82, 2.24) is 10.6 Å². The topological polar surface area (TPSA) is 67.4 Å². The number of halogens is 1. The van der Waals surface area contributed by atoms with Gasteiger partial charge in [0, 0.05) is 18.7 Å². The van der Waals surface area contributed by atoms with Crippen molar-refractivity contribution < 1.29 is 18.7 Å². The third-order valence-electron chi connectivity index (χ3n) is 4.58. The summed E-state index contributed by atoms with van der Waals surface area (Å²) in [6.07, 6.45) is 3.33. The van der Waals surface area contributed by atoms with E-state index in [1.165, 1.54) is 6.07 Å². The molecule has 0 saturated heterocycles. The Balaban J connectivity index is 1.52. The number of benzene rings is 2. The third-order valence-corrected chi connectivity index (χ3v) is 4.58. The maximum atomic E-state index is 14.2. The molecular weight excluding hydrogens is 359 g/mol. The molecule has 146 valence electrons. The Bertz CT molecular complexity index is 895. The molecule has 1 heterocycles. The number of amides is 2. The maximum absolute atomic E-state index is 14.2. The van der Waals surface area contributed by atoms with Gasteiger partial charge in [-0.05, 0) is 47.7 Å². The Morgan fingerprint density at radius 3 is 2.71 bits per heavy atom. The van der Waals surface area contributed by atoms with Crippen LogP contribution in [0.2, 0.25) is 0 Å². The lowest BCUT2D eigenvalue weighted by atomic mass is 10.0. The van der Waals surface area contributed by atoms with Crippen LogP contribution in [0, 0.1) is 5.82 Å². The third kappa shape index (κ3) is 5.19. The molecule has 1 aliphatic heterocycles. The Morgan fingerprint density at radius 1 is 1.11 bits per heavy atom. The number of carbonyl (C=O) groups excluding carboxylic acids is 2. The number of carbonyl (C=O) groups is 2. The minimum absolute atomic E-state index is 0.109. The molecule has 2 amide bonds. The molecule has 6 heteroatoms. The number of aryl methyl sites for hydroxylation is 1. The van der Waals surface area contributed by atoms with E-state index in [0.29, 0.717) is 11.1 Å². The highest BCUT2D eigenvalue weighted by Gasteiger charge is 2.12. The van der Waals surface area contributed by atoms with Gasteiger partial charge in [-0.3, -0.25) is 9.59 Å². The van der Waals surface area contributed by atoms with Crippen LogP contribution < -0.4 is 15.4 Å². The predicted molar refractivity (Wildman–Crippen MR) is 104 cm³/mol. The maximum Gasteiger partial charge on any atom is 0.243 e. The number of nitrogens with one attached hydrogen (secondary N) is 2. The minimum atomic E-state index is -0.420. The van der Waals surface area contributed by atoms with E-state index in [-0.39, 0.29) is 31.3 Å². The van der Waals surface area contributed by atoms with E-state index in [0.717, 1.165) is 42.4 Å². The predicted octanol–water partition coefficient (Wildman–Crippen LogP) is 2.81. The molecule has 0 aromatic heterocycles. The lowest BCUT2D eigenvalue weighted by Gasteiger charge is -2.17. The molecule has 3 rings (SSSR count). The molecule has 0 unspecified atom stereocenters. The molecule has 0 spiro atoms. The van der Waals surface area contributed by atoms with Crippen molar-refractivity contribution in [1.29, 1.82) is 0 Å². The van der Waals surface area contributed by atoms with Gasteiger partial charge < -0.3 is 15.4 Å². The summed E-state index contributed by atoms with van der Waals surface area (Å²) in [5.41, 5.74) is 3.07. The van der Waals surface area contributed by atoms with E-state index in [9.17, 15) is 14.0 Å². The zero-order chi connectivity index (χ0) is 19.9. The van der Waals surface area contributed by atoms with Crippen molar-refractivity contribution >= 4 is 11.8 Å². The fraction of sp³-hybridized carbons (Fsp3) is 0.273. The van der Waals surface area contributed by atoms with Crippen LogP contribution in [0.5, 0.6) is 5.75 Å². The summed E-state index contributed by atoms with van der Waals surface area (Å²) >= 11 is 0. The number of hydrogen-bond donors (Lipinski definition) is 2. The molecule has 2 aromatic carbocycles. The average molecular weight is 382 g/mol. The molecule has 0 bridgehead atoms. The van der Waals surface area contributed by atoms with E-state index in [2.05, 4.69) is 17.2 Å². The molecular formula is C22H23FN2O3. The van der Waals surface area contributed by atoms with Gasteiger partial charge in [0.15, 0.2) is 0 Å². The average Bonchev–Trinajstić information content (AvgIpc) is 2.71. The molecule has 0 radical (unpaired) electrons. The monoisotopic (exact) mass is 382 g/mol. The summed E-state index contributed by atoms with van der Waals surface area (Å²) in [6.45, 7) is 4.43. The number of rotatable bonds is 7. The SMILES string of the molecule is C=CC(=O)NCc1ccc(CNC(=O)Cc2ccc3c(c2)CCCO3)c(F)c1. The molecule has 0 fully saturated rings. The Kier molecular flexibility index (Phi) is 6.42. The smallest absolute Gasteiger partial charge is 0.243 e. The van der Waals surface area contributed by atoms with Crippen LogP contribution in [0.4, 0.5) is 4.39 Å². The minimum Gasteiger partial charge on any atom is -0.493 e. The molecule has 0 aliphatic carbocycles. The highest BCUT2D eigenvalue weighted by molar-refractivity contribution is 5.86. The van der Waals surface area contributed by atoms with Crippen LogP contribution >= 0.6 is 0 Å². The van der Waals surface area contributed by atoms with E-state index in [1.54, 1.807) is 12.1 Å². The van der Waals surface area contributed by atoms with Crippen LogP contribution in [-0.4, -0.2) is 18.4 Å². The van der Waals surface area contributed by atoms with Gasteiger partial charge in [-0.1, -0.05) is 30.8 Å². The Hall–Kier alpha value is -3.15. The first kappa shape index (κ1) is 19.6. The Labute approximate surface area is 163 Å². The lowest BCUT2D eigenvalue weighted by Crippen LogP contribution is -2.25. The van der Waals surface area contributed by atoms with Crippen molar-refractivity contribution in [3.05, 3.63) is 77.1 Å². The van der Waals surface area contributed by atoms with E-state index < -0.39 is 5.82 Å². The second-order valence-corrected chi connectivity index (χ2v) is 6.70. The van der Waals surface area contributed by atoms with Crippen molar-refractivity contribution in [2.75, 3.05) is 6.61 Å². The first-order chi connectivity index (χ1) is 13.5. The number of hydrogen-bond acceptors (Lipinski definition) is 3.